The summed E-state index contributed by atoms with van der Waals surface area (Å²) in [5.41, 5.74) is 0. The van der Waals surface area contributed by atoms with Gasteiger partial charge in [-0.3, -0.25) is 9.59 Å². The first kappa shape index (κ1) is 51.3. The molecule has 0 saturated heterocycles. The second-order valence-electron chi connectivity index (χ2n) is 15.5. The van der Waals surface area contributed by atoms with Crippen molar-refractivity contribution in [2.24, 2.45) is 0 Å². The van der Waals surface area contributed by atoms with Gasteiger partial charge in [0.1, 0.15) is 12.6 Å². The highest BCUT2D eigenvalue weighted by atomic mass is 16.6. The van der Waals surface area contributed by atoms with Crippen LogP contribution < -0.4 is 5.11 Å². The van der Waals surface area contributed by atoms with Crippen LogP contribution in [0.4, 0.5) is 0 Å². The molecule has 312 valence electrons. The van der Waals surface area contributed by atoms with Crippen LogP contribution in [0.15, 0.2) is 48.6 Å². The first-order valence-corrected chi connectivity index (χ1v) is 21.7. The van der Waals surface area contributed by atoms with Crippen molar-refractivity contribution in [1.29, 1.82) is 0 Å². The summed E-state index contributed by atoms with van der Waals surface area (Å²) in [5.74, 6) is -1.80. The van der Waals surface area contributed by atoms with E-state index in [0.29, 0.717) is 12.8 Å². The van der Waals surface area contributed by atoms with Crippen LogP contribution in [0.3, 0.4) is 0 Å². The summed E-state index contributed by atoms with van der Waals surface area (Å²) in [7, 11) is 5.38. The predicted molar refractivity (Wildman–Crippen MR) is 222 cm³/mol. The van der Waals surface area contributed by atoms with E-state index in [2.05, 4.69) is 62.5 Å². The van der Waals surface area contributed by atoms with Crippen LogP contribution in [0.1, 0.15) is 174 Å². The number of nitrogens with zero attached hydrogens (tertiary/aromatic N) is 1. The zero-order valence-corrected chi connectivity index (χ0v) is 35.4. The number of quaternary nitrogens is 1. The third kappa shape index (κ3) is 35.0. The van der Waals surface area contributed by atoms with Gasteiger partial charge in [-0.25, -0.2) is 0 Å². The zero-order valence-electron chi connectivity index (χ0n) is 35.4. The van der Waals surface area contributed by atoms with E-state index in [0.717, 1.165) is 64.2 Å². The number of hydrogen-bond acceptors (Lipinski definition) is 7. The van der Waals surface area contributed by atoms with Crippen LogP contribution in [-0.2, 0) is 28.6 Å². The second-order valence-corrected chi connectivity index (χ2v) is 15.5. The topological polar surface area (TPSA) is 102 Å². The number of esters is 2. The van der Waals surface area contributed by atoms with Crippen molar-refractivity contribution in [1.82, 2.24) is 0 Å². The number of unbranched alkanes of at least 4 members (excludes halogenated alkanes) is 16. The summed E-state index contributed by atoms with van der Waals surface area (Å²) >= 11 is 0. The number of hydrogen-bond donors (Lipinski definition) is 0. The highest BCUT2D eigenvalue weighted by Crippen LogP contribution is 2.13. The zero-order chi connectivity index (χ0) is 40.0. The molecule has 0 aliphatic rings. The molecule has 0 rings (SSSR count). The average molecular weight is 760 g/mol. The lowest BCUT2D eigenvalue weighted by molar-refractivity contribution is -0.889. The first-order valence-electron chi connectivity index (χ1n) is 21.7. The number of aliphatic carboxylic acids is 1. The number of carbonyl (C=O) groups excluding carboxylic acids is 3. The largest absolute Gasteiger partial charge is 0.544 e. The third-order valence-corrected chi connectivity index (χ3v) is 9.45. The molecule has 0 spiro atoms. The molecule has 0 amide bonds. The van der Waals surface area contributed by atoms with Crippen LogP contribution in [-0.4, -0.2) is 75.5 Å². The number of carboxylic acid groups (broad SMARTS) is 1. The van der Waals surface area contributed by atoms with Gasteiger partial charge in [-0.15, -0.1) is 0 Å². The quantitative estimate of drug-likeness (QED) is 0.0267. The monoisotopic (exact) mass is 760 g/mol. The molecule has 0 bridgehead atoms. The Balaban J connectivity index is 4.37. The fourth-order valence-corrected chi connectivity index (χ4v) is 6.08. The van der Waals surface area contributed by atoms with E-state index in [4.69, 9.17) is 14.2 Å². The van der Waals surface area contributed by atoms with Crippen LogP contribution in [0.25, 0.3) is 0 Å². The minimum Gasteiger partial charge on any atom is -0.544 e. The van der Waals surface area contributed by atoms with Crippen molar-refractivity contribution < 1.29 is 38.2 Å². The lowest BCUT2D eigenvalue weighted by Crippen LogP contribution is -2.55. The van der Waals surface area contributed by atoms with Crippen molar-refractivity contribution >= 4 is 17.9 Å². The van der Waals surface area contributed by atoms with Crippen LogP contribution >= 0.6 is 0 Å². The summed E-state index contributed by atoms with van der Waals surface area (Å²) in [6, 6.07) is -0.734. The molecule has 2 unspecified atom stereocenters. The number of rotatable bonds is 38. The molecule has 0 aromatic rings. The van der Waals surface area contributed by atoms with E-state index >= 15 is 0 Å². The Kier molecular flexibility index (Phi) is 35.4. The maximum absolute atomic E-state index is 12.7. The molecular weight excluding hydrogens is 679 g/mol. The molecule has 0 aliphatic carbocycles. The molecule has 0 radical (unpaired) electrons. The second kappa shape index (κ2) is 37.2. The summed E-state index contributed by atoms with van der Waals surface area (Å²) in [4.78, 5) is 36.8. The van der Waals surface area contributed by atoms with Crippen LogP contribution in [0.5, 0.6) is 0 Å². The van der Waals surface area contributed by atoms with E-state index in [1.165, 1.54) is 70.6 Å². The van der Waals surface area contributed by atoms with Crippen molar-refractivity contribution in [2.45, 2.75) is 187 Å². The molecule has 0 aliphatic heterocycles. The Morgan fingerprint density at radius 2 is 1.04 bits per heavy atom. The number of carbonyl (C=O) groups is 3. The lowest BCUT2D eigenvalue weighted by atomic mass is 10.1. The normalized spacial score (nSPS) is 13.4. The summed E-state index contributed by atoms with van der Waals surface area (Å²) in [6.07, 6.45) is 42.9. The lowest BCUT2D eigenvalue weighted by Gasteiger charge is -2.34. The molecular formula is C46H81NO7. The molecule has 0 heterocycles. The van der Waals surface area contributed by atoms with Crippen molar-refractivity contribution in [3.8, 4) is 0 Å². The number of allylic oxidation sites excluding steroid dienone is 8. The van der Waals surface area contributed by atoms with Crippen LogP contribution in [0, 0.1) is 0 Å². The van der Waals surface area contributed by atoms with Gasteiger partial charge < -0.3 is 28.6 Å². The van der Waals surface area contributed by atoms with E-state index in [1.54, 1.807) is 21.1 Å². The number of carboxylic acids is 1. The Morgan fingerprint density at radius 1 is 0.574 bits per heavy atom. The maximum Gasteiger partial charge on any atom is 0.306 e. The average Bonchev–Trinajstić information content (AvgIpc) is 3.12. The smallest absolute Gasteiger partial charge is 0.306 e. The SMILES string of the molecule is CC/C=C/C/C=C/C/C=C/CCCCC(=O)OC(COCCC(C(=O)[O-])[N+](C)(C)C)COC(=O)CCCCCCC/C=C/CCCCCCCCCCC. The van der Waals surface area contributed by atoms with Gasteiger partial charge in [0.25, 0.3) is 0 Å². The van der Waals surface area contributed by atoms with Crippen molar-refractivity contribution in [3.63, 3.8) is 0 Å². The molecule has 2 atom stereocenters. The Hall–Kier alpha value is -2.71. The van der Waals surface area contributed by atoms with Gasteiger partial charge >= 0.3 is 11.9 Å². The summed E-state index contributed by atoms with van der Waals surface area (Å²) < 4.78 is 17.1. The Labute approximate surface area is 331 Å². The first-order chi connectivity index (χ1) is 26.1. The molecule has 0 aromatic carbocycles. The maximum atomic E-state index is 12.7. The third-order valence-electron chi connectivity index (χ3n) is 9.45. The number of ether oxygens (including phenoxy) is 3. The molecule has 0 aromatic heterocycles. The molecule has 8 nitrogen and oxygen atoms in total. The van der Waals surface area contributed by atoms with Gasteiger partial charge in [0, 0.05) is 19.3 Å². The van der Waals surface area contributed by atoms with Gasteiger partial charge in [-0.2, -0.15) is 0 Å². The van der Waals surface area contributed by atoms with Crippen molar-refractivity contribution in [3.05, 3.63) is 48.6 Å². The van der Waals surface area contributed by atoms with E-state index in [-0.39, 0.29) is 49.1 Å². The van der Waals surface area contributed by atoms with Gasteiger partial charge in [0.05, 0.1) is 40.3 Å². The Bertz CT molecular complexity index is 1030. The molecule has 0 N–H and O–H groups in total. The van der Waals surface area contributed by atoms with E-state index < -0.39 is 18.1 Å². The fourth-order valence-electron chi connectivity index (χ4n) is 6.08. The molecule has 0 fully saturated rings. The highest BCUT2D eigenvalue weighted by molar-refractivity contribution is 5.70. The predicted octanol–water partition coefficient (Wildman–Crippen LogP) is 10.3. The van der Waals surface area contributed by atoms with E-state index in [1.807, 2.05) is 0 Å². The summed E-state index contributed by atoms with van der Waals surface area (Å²) in [6.45, 7) is 4.49. The van der Waals surface area contributed by atoms with Gasteiger partial charge in [0.2, 0.25) is 0 Å². The standard InChI is InChI=1S/C46H81NO7/c1-6-8-10-12-14-16-18-20-21-22-23-24-25-27-28-30-32-34-36-44(48)53-41-42(40-52-39-38-43(46(50)51)47(3,4)5)54-45(49)37-35-33-31-29-26-19-17-15-13-11-9-7-2/h9,11,15,17,23-24,26,29,42-43H,6-8,10,12-14,16,18-22,25,27-28,30-41H2,1-5H3/b11-9+,17-15+,24-23+,29-26+. The molecule has 54 heavy (non-hydrogen) atoms. The number of likely N-dealkylation sites (N-methyl/N-ethyl adjacent to an activating group) is 1. The molecule has 0 saturated carbocycles. The van der Waals surface area contributed by atoms with Crippen LogP contribution in [0.2, 0.25) is 0 Å². The molecule has 8 heteroatoms. The fraction of sp³-hybridized carbons (Fsp3) is 0.761. The highest BCUT2D eigenvalue weighted by Gasteiger charge is 2.25. The van der Waals surface area contributed by atoms with Gasteiger partial charge in [0.15, 0.2) is 6.10 Å². The summed E-state index contributed by atoms with van der Waals surface area (Å²) in [5, 5.41) is 11.6. The van der Waals surface area contributed by atoms with Crippen molar-refractivity contribution in [2.75, 3.05) is 41.0 Å². The minimum atomic E-state index is -1.13. The minimum absolute atomic E-state index is 0.0219. The van der Waals surface area contributed by atoms with Gasteiger partial charge in [-0.05, 0) is 70.6 Å². The van der Waals surface area contributed by atoms with Gasteiger partial charge in [-0.1, -0.05) is 133 Å². The Morgan fingerprint density at radius 3 is 1.59 bits per heavy atom. The van der Waals surface area contributed by atoms with E-state index in [9.17, 15) is 19.5 Å².